The first-order valence-electron chi connectivity index (χ1n) is 2.94. The zero-order valence-corrected chi connectivity index (χ0v) is 9.11. The Morgan fingerprint density at radius 3 is 1.38 bits per heavy atom. The summed E-state index contributed by atoms with van der Waals surface area (Å²) in [5.41, 5.74) is -4.54. The zero-order chi connectivity index (χ0) is 10.9. The topological polar surface area (TPSA) is 0 Å². The number of hydrogen-bond donors (Lipinski definition) is 0. The highest BCUT2D eigenvalue weighted by atomic mass is 79.9. The minimum absolute atomic E-state index is 0.510. The molecule has 80 valence electrons. The maximum absolute atomic E-state index is 12.9. The number of rotatable bonds is 3. The lowest BCUT2D eigenvalue weighted by Gasteiger charge is -2.30. The highest BCUT2D eigenvalue weighted by Gasteiger charge is 2.69. The van der Waals surface area contributed by atoms with Gasteiger partial charge < -0.3 is 0 Å². The van der Waals surface area contributed by atoms with Crippen molar-refractivity contribution in [2.24, 2.45) is 0 Å². The van der Waals surface area contributed by atoms with Crippen LogP contribution in [0.3, 0.4) is 0 Å². The van der Waals surface area contributed by atoms with Gasteiger partial charge in [0.25, 0.3) is 5.67 Å². The van der Waals surface area contributed by atoms with E-state index in [9.17, 15) is 26.3 Å². The molecular formula is C5H4Br2F6. The molecule has 8 heteroatoms. The van der Waals surface area contributed by atoms with E-state index in [2.05, 4.69) is 15.9 Å². The first-order valence-corrected chi connectivity index (χ1v) is 4.86. The van der Waals surface area contributed by atoms with E-state index >= 15 is 0 Å². The second-order valence-electron chi connectivity index (χ2n) is 2.24. The smallest absolute Gasteiger partial charge is 0.226 e. The van der Waals surface area contributed by atoms with E-state index in [1.807, 2.05) is 0 Å². The minimum atomic E-state index is -5.60. The van der Waals surface area contributed by atoms with E-state index in [1.54, 1.807) is 0 Å². The molecule has 0 radical (unpaired) electrons. The van der Waals surface area contributed by atoms with Gasteiger partial charge in [0.1, 0.15) is 0 Å². The molecule has 0 amide bonds. The summed E-state index contributed by atoms with van der Waals surface area (Å²) in [6.07, 6.45) is -6.96. The van der Waals surface area contributed by atoms with E-state index in [0.717, 1.165) is 0 Å². The highest BCUT2D eigenvalue weighted by Crippen LogP contribution is 2.50. The number of halogens is 8. The summed E-state index contributed by atoms with van der Waals surface area (Å²) in [4.78, 5) is -4.62. The average molecular weight is 338 g/mol. The Kier molecular flexibility index (Phi) is 4.12. The molecule has 0 saturated heterocycles. The fourth-order valence-corrected chi connectivity index (χ4v) is 1.54. The molecule has 0 unspecified atom stereocenters. The van der Waals surface area contributed by atoms with Crippen molar-refractivity contribution in [1.29, 1.82) is 0 Å². The van der Waals surface area contributed by atoms with Crippen molar-refractivity contribution in [2.75, 3.05) is 5.33 Å². The van der Waals surface area contributed by atoms with Gasteiger partial charge in [-0.05, 0) is 15.9 Å². The van der Waals surface area contributed by atoms with Gasteiger partial charge in [-0.15, -0.1) is 0 Å². The third kappa shape index (κ3) is 2.74. The lowest BCUT2D eigenvalue weighted by Crippen LogP contribution is -2.52. The molecule has 0 nitrogen and oxygen atoms in total. The van der Waals surface area contributed by atoms with Crippen LogP contribution in [0.1, 0.15) is 6.42 Å². The summed E-state index contributed by atoms with van der Waals surface area (Å²) >= 11 is 3.86. The van der Waals surface area contributed by atoms with E-state index < -0.39 is 28.4 Å². The lowest BCUT2D eigenvalue weighted by molar-refractivity contribution is -0.275. The van der Waals surface area contributed by atoms with Crippen molar-refractivity contribution >= 4 is 31.9 Å². The van der Waals surface area contributed by atoms with E-state index in [0.29, 0.717) is 0 Å². The number of hydrogen-bond acceptors (Lipinski definition) is 0. The molecule has 0 rings (SSSR count). The van der Waals surface area contributed by atoms with Gasteiger partial charge >= 0.3 is 11.0 Å². The molecule has 0 aromatic heterocycles. The van der Waals surface area contributed by atoms with Gasteiger partial charge in [-0.25, -0.2) is 4.39 Å². The maximum atomic E-state index is 12.9. The average Bonchev–Trinajstić information content (AvgIpc) is 1.82. The van der Waals surface area contributed by atoms with Gasteiger partial charge in [0.2, 0.25) is 0 Å². The molecule has 0 heterocycles. The predicted molar refractivity (Wildman–Crippen MR) is 42.2 cm³/mol. The second kappa shape index (κ2) is 3.96. The monoisotopic (exact) mass is 336 g/mol. The SMILES string of the molecule is FC(F)(F)[C@@](F)(CCBr)C(F)(F)Br. The van der Waals surface area contributed by atoms with E-state index in [-0.39, 0.29) is 0 Å². The molecule has 1 atom stereocenters. The molecular weight excluding hydrogens is 334 g/mol. The Bertz CT molecular complexity index is 157. The highest BCUT2D eigenvalue weighted by molar-refractivity contribution is 9.10. The van der Waals surface area contributed by atoms with Crippen molar-refractivity contribution in [3.05, 3.63) is 0 Å². The predicted octanol–water partition coefficient (Wildman–Crippen LogP) is 4.03. The lowest BCUT2D eigenvalue weighted by atomic mass is 10.0. The Balaban J connectivity index is 4.96. The van der Waals surface area contributed by atoms with Gasteiger partial charge in [0.15, 0.2) is 0 Å². The summed E-state index contributed by atoms with van der Waals surface area (Å²) in [6.45, 7) is 0. The minimum Gasteiger partial charge on any atom is -0.226 e. The normalized spacial score (nSPS) is 18.5. The molecule has 0 bridgehead atoms. The second-order valence-corrected chi connectivity index (χ2v) is 4.02. The van der Waals surface area contributed by atoms with Crippen LogP contribution >= 0.6 is 31.9 Å². The Hall–Kier alpha value is 0.540. The fourth-order valence-electron chi connectivity index (χ4n) is 0.574. The van der Waals surface area contributed by atoms with Crippen molar-refractivity contribution in [3.8, 4) is 0 Å². The first kappa shape index (κ1) is 13.5. The molecule has 0 saturated carbocycles. The van der Waals surface area contributed by atoms with Crippen LogP contribution < -0.4 is 0 Å². The molecule has 0 aromatic carbocycles. The molecule has 0 aliphatic carbocycles. The number of alkyl halides is 8. The third-order valence-electron chi connectivity index (χ3n) is 1.34. The van der Waals surface area contributed by atoms with Gasteiger partial charge in [-0.1, -0.05) is 15.9 Å². The molecule has 0 N–H and O–H groups in total. The van der Waals surface area contributed by atoms with E-state index in [4.69, 9.17) is 0 Å². The van der Waals surface area contributed by atoms with Crippen molar-refractivity contribution in [1.82, 2.24) is 0 Å². The van der Waals surface area contributed by atoms with Crippen LogP contribution in [-0.2, 0) is 0 Å². The molecule has 0 spiro atoms. The van der Waals surface area contributed by atoms with Crippen molar-refractivity contribution in [3.63, 3.8) is 0 Å². The van der Waals surface area contributed by atoms with Crippen molar-refractivity contribution < 1.29 is 26.3 Å². The summed E-state index contributed by atoms with van der Waals surface area (Å²) < 4.78 is 73.0. The van der Waals surface area contributed by atoms with E-state index in [1.165, 1.54) is 15.9 Å². The molecule has 0 aliphatic rings. The first-order chi connectivity index (χ1) is 5.56. The maximum Gasteiger partial charge on any atom is 0.429 e. The van der Waals surface area contributed by atoms with Crippen LogP contribution in [0.25, 0.3) is 0 Å². The molecule has 0 aromatic rings. The quantitative estimate of drug-likeness (QED) is 0.539. The summed E-state index contributed by atoms with van der Waals surface area (Å²) in [7, 11) is 0. The van der Waals surface area contributed by atoms with Crippen LogP contribution in [0.4, 0.5) is 26.3 Å². The van der Waals surface area contributed by atoms with Crippen LogP contribution in [0.15, 0.2) is 0 Å². The van der Waals surface area contributed by atoms with Gasteiger partial charge in [-0.2, -0.15) is 22.0 Å². The molecule has 0 aliphatic heterocycles. The van der Waals surface area contributed by atoms with Crippen LogP contribution in [0, 0.1) is 0 Å². The standard InChI is InChI=1S/C5H4Br2F6/c6-2-1-3(8,4(7,9)10)5(11,12)13/h1-2H2/t3-/m1/s1. The Labute approximate surface area is 86.9 Å². The van der Waals surface area contributed by atoms with Crippen molar-refractivity contribution in [2.45, 2.75) is 23.1 Å². The van der Waals surface area contributed by atoms with Gasteiger partial charge in [0, 0.05) is 11.8 Å². The van der Waals surface area contributed by atoms with Crippen LogP contribution in [-0.4, -0.2) is 22.0 Å². The van der Waals surface area contributed by atoms with Gasteiger partial charge in [-0.3, -0.25) is 0 Å². The summed E-state index contributed by atoms with van der Waals surface area (Å²) in [5.74, 6) is 0. The van der Waals surface area contributed by atoms with Gasteiger partial charge in [0.05, 0.1) is 0 Å². The third-order valence-corrected chi connectivity index (χ3v) is 2.36. The fraction of sp³-hybridized carbons (Fsp3) is 1.00. The molecule has 0 fully saturated rings. The zero-order valence-electron chi connectivity index (χ0n) is 5.94. The molecule has 13 heavy (non-hydrogen) atoms. The summed E-state index contributed by atoms with van der Waals surface area (Å²) in [6, 6.07) is 0. The Morgan fingerprint density at radius 1 is 0.923 bits per heavy atom. The summed E-state index contributed by atoms with van der Waals surface area (Å²) in [5, 5.41) is -0.510. The van der Waals surface area contributed by atoms with Crippen LogP contribution in [0.5, 0.6) is 0 Å². The largest absolute Gasteiger partial charge is 0.429 e. The Morgan fingerprint density at radius 2 is 1.31 bits per heavy atom. The van der Waals surface area contributed by atoms with Crippen LogP contribution in [0.2, 0.25) is 0 Å².